The van der Waals surface area contributed by atoms with Crippen molar-refractivity contribution in [3.8, 4) is 5.75 Å². The Morgan fingerprint density at radius 2 is 2.22 bits per heavy atom. The molecule has 1 N–H and O–H groups in total. The Kier molecular flexibility index (Phi) is 6.54. The monoisotopic (exact) mass is 271 g/mol. The summed E-state index contributed by atoms with van der Waals surface area (Å²) in [4.78, 5) is 11.1. The Labute approximate surface area is 112 Å². The lowest BCUT2D eigenvalue weighted by atomic mass is 10.2. The normalized spacial score (nSPS) is 10.2. The van der Waals surface area contributed by atoms with E-state index in [1.165, 1.54) is 0 Å². The van der Waals surface area contributed by atoms with Crippen molar-refractivity contribution in [3.05, 3.63) is 28.8 Å². The first-order chi connectivity index (χ1) is 8.69. The Morgan fingerprint density at radius 1 is 1.44 bits per heavy atom. The molecule has 0 saturated carbocycles. The number of carbonyl (C=O) groups excluding carboxylic acids is 1. The van der Waals surface area contributed by atoms with Crippen molar-refractivity contribution in [2.24, 2.45) is 0 Å². The van der Waals surface area contributed by atoms with Crippen LogP contribution < -0.4 is 10.1 Å². The van der Waals surface area contributed by atoms with Crippen LogP contribution in [0.15, 0.2) is 18.2 Å². The van der Waals surface area contributed by atoms with E-state index in [-0.39, 0.29) is 5.97 Å². The molecule has 0 amide bonds. The molecule has 1 aromatic carbocycles. The number of carbonyl (C=O) groups is 1. The van der Waals surface area contributed by atoms with Gasteiger partial charge in [-0.05, 0) is 19.1 Å². The predicted octanol–water partition coefficient (Wildman–Crippen LogP) is 2.39. The van der Waals surface area contributed by atoms with Crippen LogP contribution >= 0.6 is 11.6 Å². The first-order valence-corrected chi connectivity index (χ1v) is 6.24. The molecule has 0 spiro atoms. The average molecular weight is 272 g/mol. The zero-order valence-corrected chi connectivity index (χ0v) is 11.4. The van der Waals surface area contributed by atoms with E-state index in [0.29, 0.717) is 31.1 Å². The molecule has 0 aromatic heterocycles. The molecule has 0 saturated heterocycles. The van der Waals surface area contributed by atoms with E-state index in [4.69, 9.17) is 21.1 Å². The molecule has 0 radical (unpaired) electrons. The lowest BCUT2D eigenvalue weighted by Crippen LogP contribution is -2.19. The van der Waals surface area contributed by atoms with Crippen molar-refractivity contribution in [2.45, 2.75) is 19.9 Å². The van der Waals surface area contributed by atoms with E-state index in [1.54, 1.807) is 14.0 Å². The third-order valence-electron chi connectivity index (χ3n) is 2.41. The summed E-state index contributed by atoms with van der Waals surface area (Å²) in [5.41, 5.74) is 0.894. The van der Waals surface area contributed by atoms with Crippen molar-refractivity contribution in [2.75, 3.05) is 20.3 Å². The fourth-order valence-corrected chi connectivity index (χ4v) is 1.77. The SMILES string of the molecule is CCOC(=O)CCNCc1c(Cl)cccc1OC. The number of benzene rings is 1. The molecule has 0 aliphatic rings. The summed E-state index contributed by atoms with van der Waals surface area (Å²) in [7, 11) is 1.60. The maximum absolute atomic E-state index is 11.1. The Balaban J connectivity index is 2.42. The Bertz CT molecular complexity index is 396. The number of hydrogen-bond acceptors (Lipinski definition) is 4. The maximum Gasteiger partial charge on any atom is 0.307 e. The Morgan fingerprint density at radius 3 is 2.89 bits per heavy atom. The zero-order valence-electron chi connectivity index (χ0n) is 10.7. The van der Waals surface area contributed by atoms with Gasteiger partial charge in [0.1, 0.15) is 5.75 Å². The largest absolute Gasteiger partial charge is 0.496 e. The van der Waals surface area contributed by atoms with Crippen LogP contribution in [-0.4, -0.2) is 26.2 Å². The van der Waals surface area contributed by atoms with E-state index in [9.17, 15) is 4.79 Å². The fourth-order valence-electron chi connectivity index (χ4n) is 1.54. The molecule has 4 nitrogen and oxygen atoms in total. The quantitative estimate of drug-likeness (QED) is 0.611. The van der Waals surface area contributed by atoms with Crippen LogP contribution in [-0.2, 0) is 16.1 Å². The lowest BCUT2D eigenvalue weighted by molar-refractivity contribution is -0.142. The topological polar surface area (TPSA) is 47.6 Å². The van der Waals surface area contributed by atoms with Gasteiger partial charge in [-0.15, -0.1) is 0 Å². The summed E-state index contributed by atoms with van der Waals surface area (Å²) < 4.78 is 10.1. The van der Waals surface area contributed by atoms with Crippen molar-refractivity contribution in [3.63, 3.8) is 0 Å². The Hall–Kier alpha value is -1.26. The number of hydrogen-bond donors (Lipinski definition) is 1. The van der Waals surface area contributed by atoms with Crippen molar-refractivity contribution < 1.29 is 14.3 Å². The number of esters is 1. The fraction of sp³-hybridized carbons (Fsp3) is 0.462. The van der Waals surface area contributed by atoms with Crippen LogP contribution in [0.5, 0.6) is 5.75 Å². The highest BCUT2D eigenvalue weighted by molar-refractivity contribution is 6.31. The van der Waals surface area contributed by atoms with Crippen LogP contribution in [0.2, 0.25) is 5.02 Å². The molecule has 5 heteroatoms. The minimum atomic E-state index is -0.198. The summed E-state index contributed by atoms with van der Waals surface area (Å²) >= 11 is 6.09. The first kappa shape index (κ1) is 14.8. The van der Waals surface area contributed by atoms with Gasteiger partial charge in [-0.1, -0.05) is 17.7 Å². The number of rotatable bonds is 7. The minimum absolute atomic E-state index is 0.198. The van der Waals surface area contributed by atoms with Gasteiger partial charge in [0.25, 0.3) is 0 Å². The second-order valence-electron chi connectivity index (χ2n) is 3.65. The van der Waals surface area contributed by atoms with Crippen molar-refractivity contribution in [1.82, 2.24) is 5.32 Å². The van der Waals surface area contributed by atoms with Crippen LogP contribution in [0.1, 0.15) is 18.9 Å². The molecule has 18 heavy (non-hydrogen) atoms. The summed E-state index contributed by atoms with van der Waals surface area (Å²) in [5.74, 6) is 0.544. The van der Waals surface area contributed by atoms with E-state index in [0.717, 1.165) is 11.3 Å². The summed E-state index contributed by atoms with van der Waals surface area (Å²) in [6.45, 7) is 3.31. The van der Waals surface area contributed by atoms with E-state index in [2.05, 4.69) is 5.32 Å². The number of methoxy groups -OCH3 is 1. The van der Waals surface area contributed by atoms with E-state index < -0.39 is 0 Å². The second-order valence-corrected chi connectivity index (χ2v) is 4.06. The maximum atomic E-state index is 11.1. The van der Waals surface area contributed by atoms with Gasteiger partial charge in [0.15, 0.2) is 0 Å². The highest BCUT2D eigenvalue weighted by Crippen LogP contribution is 2.25. The van der Waals surface area contributed by atoms with Gasteiger partial charge in [0.2, 0.25) is 0 Å². The molecule has 1 aromatic rings. The van der Waals surface area contributed by atoms with E-state index >= 15 is 0 Å². The van der Waals surface area contributed by atoms with Gasteiger partial charge < -0.3 is 14.8 Å². The molecular weight excluding hydrogens is 254 g/mol. The average Bonchev–Trinajstić information content (AvgIpc) is 2.36. The lowest BCUT2D eigenvalue weighted by Gasteiger charge is -2.11. The molecule has 0 atom stereocenters. The third kappa shape index (κ3) is 4.55. The van der Waals surface area contributed by atoms with E-state index in [1.807, 2.05) is 18.2 Å². The summed E-state index contributed by atoms with van der Waals surface area (Å²) in [5, 5.41) is 3.79. The van der Waals surface area contributed by atoms with Gasteiger partial charge in [0.05, 0.1) is 20.1 Å². The molecular formula is C13H18ClNO3. The highest BCUT2D eigenvalue weighted by Gasteiger charge is 2.07. The smallest absolute Gasteiger partial charge is 0.307 e. The molecule has 1 rings (SSSR count). The van der Waals surface area contributed by atoms with Crippen LogP contribution in [0, 0.1) is 0 Å². The van der Waals surface area contributed by atoms with Crippen molar-refractivity contribution >= 4 is 17.6 Å². The molecule has 100 valence electrons. The van der Waals surface area contributed by atoms with Gasteiger partial charge >= 0.3 is 5.97 Å². The molecule has 0 fully saturated rings. The van der Waals surface area contributed by atoms with Gasteiger partial charge in [-0.2, -0.15) is 0 Å². The number of halogens is 1. The van der Waals surface area contributed by atoms with Gasteiger partial charge in [0, 0.05) is 23.7 Å². The molecule has 0 aliphatic carbocycles. The zero-order chi connectivity index (χ0) is 13.4. The van der Waals surface area contributed by atoms with Crippen LogP contribution in [0.25, 0.3) is 0 Å². The molecule has 0 unspecified atom stereocenters. The summed E-state index contributed by atoms with van der Waals surface area (Å²) in [6, 6.07) is 5.50. The van der Waals surface area contributed by atoms with Crippen molar-refractivity contribution in [1.29, 1.82) is 0 Å². The molecule has 0 heterocycles. The van der Waals surface area contributed by atoms with Gasteiger partial charge in [-0.3, -0.25) is 4.79 Å². The van der Waals surface area contributed by atoms with Crippen LogP contribution in [0.4, 0.5) is 0 Å². The standard InChI is InChI=1S/C13H18ClNO3/c1-3-18-13(16)7-8-15-9-10-11(14)5-4-6-12(10)17-2/h4-6,15H,3,7-9H2,1-2H3. The third-order valence-corrected chi connectivity index (χ3v) is 2.76. The van der Waals surface area contributed by atoms with Crippen LogP contribution in [0.3, 0.4) is 0 Å². The summed E-state index contributed by atoms with van der Waals surface area (Å²) in [6.07, 6.45) is 0.348. The highest BCUT2D eigenvalue weighted by atomic mass is 35.5. The number of ether oxygens (including phenoxy) is 2. The second kappa shape index (κ2) is 7.95. The minimum Gasteiger partial charge on any atom is -0.496 e. The predicted molar refractivity (Wildman–Crippen MR) is 71.0 cm³/mol. The number of nitrogens with one attached hydrogen (secondary N) is 1. The van der Waals surface area contributed by atoms with Gasteiger partial charge in [-0.25, -0.2) is 0 Å². The molecule has 0 aliphatic heterocycles. The molecule has 0 bridgehead atoms. The first-order valence-electron chi connectivity index (χ1n) is 5.86.